The quantitative estimate of drug-likeness (QED) is 0.718. The van der Waals surface area contributed by atoms with Gasteiger partial charge in [0.15, 0.2) is 0 Å². The highest BCUT2D eigenvalue weighted by Gasteiger charge is 2.60. The van der Waals surface area contributed by atoms with Gasteiger partial charge in [0.2, 0.25) is 0 Å². The number of benzene rings is 1. The van der Waals surface area contributed by atoms with Gasteiger partial charge in [-0.3, -0.25) is 4.79 Å². The molecule has 14 heavy (non-hydrogen) atoms. The van der Waals surface area contributed by atoms with Crippen LogP contribution in [-0.4, -0.2) is 12.6 Å². The summed E-state index contributed by atoms with van der Waals surface area (Å²) in [5, 5.41) is 0. The molecule has 0 radical (unpaired) electrons. The van der Waals surface area contributed by atoms with Gasteiger partial charge in [-0.2, -0.15) is 0 Å². The van der Waals surface area contributed by atoms with Gasteiger partial charge in [-0.15, -0.1) is 0 Å². The molecule has 0 spiro atoms. The van der Waals surface area contributed by atoms with E-state index in [9.17, 15) is 4.79 Å². The Morgan fingerprint density at radius 3 is 2.50 bits per heavy atom. The van der Waals surface area contributed by atoms with E-state index in [1.807, 2.05) is 12.1 Å². The highest BCUT2D eigenvalue weighted by atomic mass is 79.9. The van der Waals surface area contributed by atoms with Crippen molar-refractivity contribution < 1.29 is 9.53 Å². The first kappa shape index (κ1) is 8.48. The Balaban J connectivity index is 1.86. The molecule has 0 N–H and O–H groups in total. The van der Waals surface area contributed by atoms with Crippen molar-refractivity contribution in [3.63, 3.8) is 0 Å². The van der Waals surface area contributed by atoms with Crippen molar-refractivity contribution in [2.45, 2.75) is 5.92 Å². The molecule has 1 saturated carbocycles. The molecule has 1 aliphatic carbocycles. The summed E-state index contributed by atoms with van der Waals surface area (Å²) in [7, 11) is 0. The maximum Gasteiger partial charge on any atom is 0.310 e. The van der Waals surface area contributed by atoms with E-state index in [4.69, 9.17) is 4.74 Å². The Bertz CT molecular complexity index is 385. The number of hydrogen-bond acceptors (Lipinski definition) is 2. The van der Waals surface area contributed by atoms with E-state index in [2.05, 4.69) is 28.1 Å². The Kier molecular flexibility index (Phi) is 1.71. The van der Waals surface area contributed by atoms with Crippen LogP contribution in [0.5, 0.6) is 0 Å². The molecule has 2 nitrogen and oxygen atoms in total. The lowest BCUT2D eigenvalue weighted by molar-refractivity contribution is -0.141. The lowest BCUT2D eigenvalue weighted by Gasteiger charge is -2.03. The third kappa shape index (κ3) is 1.12. The van der Waals surface area contributed by atoms with Crippen molar-refractivity contribution in [1.82, 2.24) is 0 Å². The van der Waals surface area contributed by atoms with Crippen molar-refractivity contribution in [2.75, 3.05) is 6.61 Å². The van der Waals surface area contributed by atoms with Crippen LogP contribution in [-0.2, 0) is 9.53 Å². The smallest absolute Gasteiger partial charge is 0.310 e. The van der Waals surface area contributed by atoms with Crippen LogP contribution >= 0.6 is 15.9 Å². The van der Waals surface area contributed by atoms with E-state index in [1.165, 1.54) is 5.56 Å². The van der Waals surface area contributed by atoms with Crippen molar-refractivity contribution in [3.05, 3.63) is 34.3 Å². The zero-order chi connectivity index (χ0) is 9.71. The van der Waals surface area contributed by atoms with Crippen LogP contribution in [0.4, 0.5) is 0 Å². The number of rotatable bonds is 1. The third-order valence-corrected chi connectivity index (χ3v) is 3.64. The molecular weight excluding hydrogens is 244 g/mol. The fourth-order valence-electron chi connectivity index (χ4n) is 2.32. The van der Waals surface area contributed by atoms with Crippen LogP contribution in [0.25, 0.3) is 0 Å². The molecule has 1 heterocycles. The first-order chi connectivity index (χ1) is 6.77. The Labute approximate surface area is 90.4 Å². The first-order valence-corrected chi connectivity index (χ1v) is 5.49. The minimum atomic E-state index is -0.0112. The Morgan fingerprint density at radius 2 is 1.93 bits per heavy atom. The minimum Gasteiger partial charge on any atom is -0.465 e. The second-order valence-electron chi connectivity index (χ2n) is 3.90. The molecule has 3 atom stereocenters. The highest BCUT2D eigenvalue weighted by Crippen LogP contribution is 2.58. The lowest BCUT2D eigenvalue weighted by atomic mass is 10.1. The average Bonchev–Trinajstić information content (AvgIpc) is 2.79. The number of carbonyl (C=O) groups is 1. The SMILES string of the molecule is O=C1OCC2C1C2c1ccc(Br)cc1. The molecule has 1 aliphatic heterocycles. The van der Waals surface area contributed by atoms with Gasteiger partial charge in [0.1, 0.15) is 0 Å². The predicted molar refractivity (Wildman–Crippen MR) is 54.8 cm³/mol. The lowest BCUT2D eigenvalue weighted by Crippen LogP contribution is -2.04. The van der Waals surface area contributed by atoms with E-state index < -0.39 is 0 Å². The van der Waals surface area contributed by atoms with Gasteiger partial charge in [0, 0.05) is 16.3 Å². The molecule has 0 amide bonds. The van der Waals surface area contributed by atoms with E-state index in [0.717, 1.165) is 4.47 Å². The Morgan fingerprint density at radius 1 is 1.21 bits per heavy atom. The van der Waals surface area contributed by atoms with E-state index >= 15 is 0 Å². The van der Waals surface area contributed by atoms with Gasteiger partial charge in [-0.25, -0.2) is 0 Å². The first-order valence-electron chi connectivity index (χ1n) is 4.69. The number of ether oxygens (including phenoxy) is 1. The monoisotopic (exact) mass is 252 g/mol. The summed E-state index contributed by atoms with van der Waals surface area (Å²) in [6.45, 7) is 0.615. The van der Waals surface area contributed by atoms with Gasteiger partial charge >= 0.3 is 5.97 Å². The molecule has 0 bridgehead atoms. The van der Waals surface area contributed by atoms with Crippen LogP contribution in [0.15, 0.2) is 28.7 Å². The van der Waals surface area contributed by atoms with Crippen molar-refractivity contribution in [3.8, 4) is 0 Å². The summed E-state index contributed by atoms with van der Waals surface area (Å²) in [5.41, 5.74) is 1.26. The number of cyclic esters (lactones) is 1. The maximum atomic E-state index is 11.2. The van der Waals surface area contributed by atoms with Gasteiger partial charge in [0.25, 0.3) is 0 Å². The van der Waals surface area contributed by atoms with Crippen LogP contribution in [0, 0.1) is 11.8 Å². The van der Waals surface area contributed by atoms with Crippen LogP contribution in [0.2, 0.25) is 0 Å². The Hall–Kier alpha value is -0.830. The molecule has 2 aliphatic rings. The fraction of sp³-hybridized carbons (Fsp3) is 0.364. The van der Waals surface area contributed by atoms with Crippen LogP contribution in [0.1, 0.15) is 11.5 Å². The van der Waals surface area contributed by atoms with E-state index in [0.29, 0.717) is 18.4 Å². The second-order valence-corrected chi connectivity index (χ2v) is 4.81. The average molecular weight is 253 g/mol. The summed E-state index contributed by atoms with van der Waals surface area (Å²) < 4.78 is 6.02. The fourth-order valence-corrected chi connectivity index (χ4v) is 2.58. The summed E-state index contributed by atoms with van der Waals surface area (Å²) in [5.74, 6) is 1.01. The van der Waals surface area contributed by atoms with Crippen molar-refractivity contribution >= 4 is 21.9 Å². The zero-order valence-electron chi connectivity index (χ0n) is 7.44. The molecule has 1 aromatic rings. The molecular formula is C11H9BrO2. The molecule has 3 heteroatoms. The normalized spacial score (nSPS) is 33.8. The van der Waals surface area contributed by atoms with Gasteiger partial charge in [0.05, 0.1) is 12.5 Å². The zero-order valence-corrected chi connectivity index (χ0v) is 9.03. The third-order valence-electron chi connectivity index (χ3n) is 3.11. The molecule has 0 aromatic heterocycles. The number of fused-ring (bicyclic) bond motifs is 1. The summed E-state index contributed by atoms with van der Waals surface area (Å²) in [6.07, 6.45) is 0. The predicted octanol–water partition coefficient (Wildman–Crippen LogP) is 2.34. The summed E-state index contributed by atoms with van der Waals surface area (Å²) in [6, 6.07) is 8.21. The molecule has 72 valence electrons. The van der Waals surface area contributed by atoms with Gasteiger partial charge in [-0.05, 0) is 17.7 Å². The number of esters is 1. The van der Waals surface area contributed by atoms with Crippen LogP contribution < -0.4 is 0 Å². The summed E-state index contributed by atoms with van der Waals surface area (Å²) >= 11 is 3.40. The van der Waals surface area contributed by atoms with Gasteiger partial charge in [-0.1, -0.05) is 28.1 Å². The largest absolute Gasteiger partial charge is 0.465 e. The van der Waals surface area contributed by atoms with Gasteiger partial charge < -0.3 is 4.74 Å². The topological polar surface area (TPSA) is 26.3 Å². The van der Waals surface area contributed by atoms with E-state index in [1.54, 1.807) is 0 Å². The number of halogens is 1. The number of carbonyl (C=O) groups excluding carboxylic acids is 1. The summed E-state index contributed by atoms with van der Waals surface area (Å²) in [4.78, 5) is 11.2. The van der Waals surface area contributed by atoms with Crippen molar-refractivity contribution in [1.29, 1.82) is 0 Å². The van der Waals surface area contributed by atoms with Crippen LogP contribution in [0.3, 0.4) is 0 Å². The minimum absolute atomic E-state index is 0.0112. The standard InChI is InChI=1S/C11H9BrO2/c12-7-3-1-6(2-4-7)9-8-5-14-11(13)10(8)9/h1-4,8-10H,5H2. The highest BCUT2D eigenvalue weighted by molar-refractivity contribution is 9.10. The number of hydrogen-bond donors (Lipinski definition) is 0. The maximum absolute atomic E-state index is 11.2. The van der Waals surface area contributed by atoms with Crippen molar-refractivity contribution in [2.24, 2.45) is 11.8 Å². The molecule has 1 aromatic carbocycles. The molecule has 2 fully saturated rings. The molecule has 3 rings (SSSR count). The second kappa shape index (κ2) is 2.83. The molecule has 1 saturated heterocycles. The molecule has 3 unspecified atom stereocenters. The van der Waals surface area contributed by atoms with E-state index in [-0.39, 0.29) is 11.9 Å².